The fourth-order valence-corrected chi connectivity index (χ4v) is 5.85. The highest BCUT2D eigenvalue weighted by atomic mass is 32.2. The van der Waals surface area contributed by atoms with Crippen molar-refractivity contribution in [3.63, 3.8) is 0 Å². The van der Waals surface area contributed by atoms with Gasteiger partial charge in [0.1, 0.15) is 0 Å². The Morgan fingerprint density at radius 1 is 1.12 bits per heavy atom. The van der Waals surface area contributed by atoms with E-state index in [2.05, 4.69) is 6.07 Å². The van der Waals surface area contributed by atoms with Gasteiger partial charge in [0, 0.05) is 24.4 Å². The van der Waals surface area contributed by atoms with E-state index in [1.165, 1.54) is 21.3 Å². The summed E-state index contributed by atoms with van der Waals surface area (Å²) in [4.78, 5) is 15.2. The molecule has 0 saturated carbocycles. The van der Waals surface area contributed by atoms with Gasteiger partial charge in [-0.15, -0.1) is 0 Å². The molecule has 1 atom stereocenters. The van der Waals surface area contributed by atoms with Crippen molar-refractivity contribution in [2.45, 2.75) is 23.5 Å². The Morgan fingerprint density at radius 2 is 1.88 bits per heavy atom. The zero-order chi connectivity index (χ0) is 22.3. The second-order valence-corrected chi connectivity index (χ2v) is 9.91. The molecule has 168 valence electrons. The summed E-state index contributed by atoms with van der Waals surface area (Å²) in [6, 6.07) is 6.81. The molecule has 0 aromatic heterocycles. The van der Waals surface area contributed by atoms with Crippen LogP contribution in [0.4, 0.5) is 5.69 Å². The molecular formula is C22H23N3O6S. The number of amides is 1. The van der Waals surface area contributed by atoms with Crippen molar-refractivity contribution in [1.82, 2.24) is 4.31 Å². The minimum absolute atomic E-state index is 0.0769. The molecule has 2 saturated heterocycles. The zero-order valence-electron chi connectivity index (χ0n) is 17.4. The highest BCUT2D eigenvalue weighted by Crippen LogP contribution is 2.48. The molecule has 10 heteroatoms. The van der Waals surface area contributed by atoms with Crippen LogP contribution in [-0.2, 0) is 34.8 Å². The lowest BCUT2D eigenvalue weighted by Gasteiger charge is -2.33. The molecule has 1 aromatic rings. The molecule has 32 heavy (non-hydrogen) atoms. The number of morpholine rings is 1. The average Bonchev–Trinajstić information content (AvgIpc) is 3.07. The van der Waals surface area contributed by atoms with E-state index in [-0.39, 0.29) is 23.9 Å². The highest BCUT2D eigenvalue weighted by molar-refractivity contribution is 7.89. The van der Waals surface area contributed by atoms with Crippen molar-refractivity contribution < 1.29 is 27.4 Å². The fourth-order valence-electron chi connectivity index (χ4n) is 4.41. The second kappa shape index (κ2) is 8.10. The number of allylic oxidation sites excluding steroid dienone is 3. The lowest BCUT2D eigenvalue weighted by atomic mass is 10.00. The molecule has 0 radical (unpaired) electrons. The maximum Gasteiger partial charge on any atom is 0.297 e. The zero-order valence-corrected chi connectivity index (χ0v) is 18.2. The van der Waals surface area contributed by atoms with Gasteiger partial charge in [-0.3, -0.25) is 9.69 Å². The molecule has 0 N–H and O–H groups in total. The first-order valence-corrected chi connectivity index (χ1v) is 12.0. The molecule has 1 unspecified atom stereocenters. The van der Waals surface area contributed by atoms with E-state index in [0.29, 0.717) is 56.2 Å². The first-order chi connectivity index (χ1) is 15.5. The first-order valence-electron chi connectivity index (χ1n) is 10.6. The Hall–Kier alpha value is -2.55. The third-order valence-corrected chi connectivity index (χ3v) is 7.92. The van der Waals surface area contributed by atoms with E-state index in [1.807, 2.05) is 6.08 Å². The van der Waals surface area contributed by atoms with Gasteiger partial charge in [-0.1, -0.05) is 6.08 Å². The summed E-state index contributed by atoms with van der Waals surface area (Å²) >= 11 is 0. The predicted molar refractivity (Wildman–Crippen MR) is 113 cm³/mol. The summed E-state index contributed by atoms with van der Waals surface area (Å²) in [6.45, 7) is 1.86. The predicted octanol–water partition coefficient (Wildman–Crippen LogP) is 1.63. The number of anilines is 1. The monoisotopic (exact) mass is 457 g/mol. The third-order valence-electron chi connectivity index (χ3n) is 6.03. The Balaban J connectivity index is 1.62. The maximum absolute atomic E-state index is 13.6. The van der Waals surface area contributed by atoms with Crippen LogP contribution in [0.5, 0.6) is 0 Å². The Labute approximate surface area is 186 Å². The number of carbonyl (C=O) groups is 1. The van der Waals surface area contributed by atoms with E-state index in [1.54, 1.807) is 18.2 Å². The van der Waals surface area contributed by atoms with Gasteiger partial charge < -0.3 is 14.2 Å². The van der Waals surface area contributed by atoms with Gasteiger partial charge in [0.2, 0.25) is 10.0 Å². The topological polar surface area (TPSA) is 109 Å². The van der Waals surface area contributed by atoms with E-state index in [9.17, 15) is 18.5 Å². The number of benzene rings is 1. The third kappa shape index (κ3) is 3.29. The second-order valence-electron chi connectivity index (χ2n) is 7.97. The van der Waals surface area contributed by atoms with Crippen LogP contribution in [0.25, 0.3) is 0 Å². The highest BCUT2D eigenvalue weighted by Gasteiger charge is 2.56. The van der Waals surface area contributed by atoms with Crippen LogP contribution < -0.4 is 4.90 Å². The minimum Gasteiger partial charge on any atom is -0.379 e. The maximum atomic E-state index is 13.6. The van der Waals surface area contributed by atoms with Crippen LogP contribution in [0.2, 0.25) is 0 Å². The van der Waals surface area contributed by atoms with Crippen molar-refractivity contribution in [2.75, 3.05) is 44.4 Å². The smallest absolute Gasteiger partial charge is 0.297 e. The molecule has 5 rings (SSSR count). The van der Waals surface area contributed by atoms with Crippen LogP contribution >= 0.6 is 0 Å². The molecule has 2 fully saturated rings. The van der Waals surface area contributed by atoms with Crippen molar-refractivity contribution in [3.05, 3.63) is 47.7 Å². The number of nitriles is 1. The van der Waals surface area contributed by atoms with Crippen molar-refractivity contribution in [2.24, 2.45) is 5.92 Å². The van der Waals surface area contributed by atoms with Crippen LogP contribution in [-0.4, -0.2) is 58.1 Å². The Morgan fingerprint density at radius 3 is 2.59 bits per heavy atom. The number of sulfonamides is 1. The van der Waals surface area contributed by atoms with Crippen molar-refractivity contribution >= 4 is 21.6 Å². The molecule has 1 amide bonds. The van der Waals surface area contributed by atoms with Gasteiger partial charge in [-0.2, -0.15) is 9.57 Å². The summed E-state index contributed by atoms with van der Waals surface area (Å²) in [6.07, 6.45) is 6.58. The van der Waals surface area contributed by atoms with E-state index in [0.717, 1.165) is 0 Å². The standard InChI is InChI=1S/C22H23N3O6S/c23-15-16-3-1-4-17(13-16)25-20-6-5-18(32(27,28)24-7-11-29-12-8-24)14-19(20)22(21(25)26)30-9-2-10-31-22/h1,4-6,13-14,16H,2-3,7-12H2. The summed E-state index contributed by atoms with van der Waals surface area (Å²) in [5.74, 6) is -2.49. The number of hydrogen-bond donors (Lipinski definition) is 0. The van der Waals surface area contributed by atoms with E-state index < -0.39 is 21.7 Å². The molecule has 3 heterocycles. The molecule has 1 aliphatic carbocycles. The number of rotatable bonds is 3. The largest absolute Gasteiger partial charge is 0.379 e. The van der Waals surface area contributed by atoms with Crippen molar-refractivity contribution in [1.29, 1.82) is 5.26 Å². The molecule has 4 aliphatic rings. The van der Waals surface area contributed by atoms with E-state index in [4.69, 9.17) is 14.2 Å². The van der Waals surface area contributed by atoms with Gasteiger partial charge >= 0.3 is 0 Å². The number of ether oxygens (including phenoxy) is 3. The average molecular weight is 458 g/mol. The van der Waals surface area contributed by atoms with Gasteiger partial charge in [-0.05, 0) is 43.2 Å². The quantitative estimate of drug-likeness (QED) is 0.679. The number of fused-ring (bicyclic) bond motifs is 2. The summed E-state index contributed by atoms with van der Waals surface area (Å²) in [5.41, 5.74) is 1.41. The Bertz CT molecular complexity index is 1140. The molecule has 1 aromatic carbocycles. The summed E-state index contributed by atoms with van der Waals surface area (Å²) < 4.78 is 44.9. The lowest BCUT2D eigenvalue weighted by Crippen LogP contribution is -2.47. The Kier molecular flexibility index (Phi) is 5.39. The van der Waals surface area contributed by atoms with Gasteiger partial charge in [-0.25, -0.2) is 8.42 Å². The van der Waals surface area contributed by atoms with Crippen LogP contribution in [0.15, 0.2) is 47.0 Å². The molecular weight excluding hydrogens is 434 g/mol. The van der Waals surface area contributed by atoms with Crippen molar-refractivity contribution in [3.8, 4) is 6.07 Å². The van der Waals surface area contributed by atoms with Gasteiger partial charge in [0.15, 0.2) is 0 Å². The molecule has 9 nitrogen and oxygen atoms in total. The fraction of sp³-hybridized carbons (Fsp3) is 0.455. The van der Waals surface area contributed by atoms with Crippen LogP contribution in [0.1, 0.15) is 18.4 Å². The number of carbonyl (C=O) groups excluding carboxylic acids is 1. The SMILES string of the molecule is N#CC1C=C(N2C(=O)C3(OCCCO3)c3cc(S(=O)(=O)N4CCOCC4)ccc32)C=CC1. The number of nitrogens with zero attached hydrogens (tertiary/aromatic N) is 3. The van der Waals surface area contributed by atoms with Gasteiger partial charge in [0.25, 0.3) is 11.7 Å². The normalized spacial score (nSPS) is 25.5. The molecule has 3 aliphatic heterocycles. The number of hydrogen-bond acceptors (Lipinski definition) is 7. The van der Waals surface area contributed by atoms with Crippen LogP contribution in [0.3, 0.4) is 0 Å². The van der Waals surface area contributed by atoms with E-state index >= 15 is 0 Å². The van der Waals surface area contributed by atoms with Gasteiger partial charge in [0.05, 0.1) is 49.0 Å². The first kappa shape index (κ1) is 21.3. The van der Waals surface area contributed by atoms with Crippen LogP contribution in [0, 0.1) is 17.2 Å². The summed E-state index contributed by atoms with van der Waals surface area (Å²) in [5, 5.41) is 9.34. The molecule has 1 spiro atoms. The summed E-state index contributed by atoms with van der Waals surface area (Å²) in [7, 11) is -3.77. The lowest BCUT2D eigenvalue weighted by molar-refractivity contribution is -0.256. The molecule has 0 bridgehead atoms. The minimum atomic E-state index is -3.77.